The number of carbonyl (C=O) groups excluding carboxylic acids is 2. The van der Waals surface area contributed by atoms with E-state index in [1.807, 2.05) is 19.9 Å². The molecule has 80 valence electrons. The Morgan fingerprint density at radius 1 is 1.40 bits per heavy atom. The second kappa shape index (κ2) is 5.29. The van der Waals surface area contributed by atoms with Crippen LogP contribution in [0.1, 0.15) is 16.7 Å². The molecule has 3 nitrogen and oxygen atoms in total. The summed E-state index contributed by atoms with van der Waals surface area (Å²) in [4.78, 5) is 20.7. The predicted molar refractivity (Wildman–Crippen MR) is 58.7 cm³/mol. The van der Waals surface area contributed by atoms with Gasteiger partial charge in [-0.1, -0.05) is 23.8 Å². The lowest BCUT2D eigenvalue weighted by molar-refractivity contribution is -0.131. The van der Waals surface area contributed by atoms with Gasteiger partial charge in [-0.25, -0.2) is 0 Å². The van der Waals surface area contributed by atoms with Gasteiger partial charge in [0.2, 0.25) is 6.29 Å². The fraction of sp³-hybridized carbons (Fsp3) is 0.333. The van der Waals surface area contributed by atoms with Gasteiger partial charge >= 0.3 is 0 Å². The van der Waals surface area contributed by atoms with E-state index in [0.29, 0.717) is 12.8 Å². The molecule has 3 heteroatoms. The maximum atomic E-state index is 10.7. The Morgan fingerprint density at radius 3 is 2.73 bits per heavy atom. The third-order valence-electron chi connectivity index (χ3n) is 2.30. The molecule has 1 aromatic rings. The van der Waals surface area contributed by atoms with Crippen molar-refractivity contribution in [3.63, 3.8) is 0 Å². The van der Waals surface area contributed by atoms with E-state index in [1.54, 1.807) is 0 Å². The highest BCUT2D eigenvalue weighted by atomic mass is 16.2. The van der Waals surface area contributed by atoms with Crippen LogP contribution in [0.3, 0.4) is 0 Å². The van der Waals surface area contributed by atoms with Crippen molar-refractivity contribution >= 4 is 12.2 Å². The van der Waals surface area contributed by atoms with Crippen LogP contribution < -0.4 is 5.32 Å². The van der Waals surface area contributed by atoms with Gasteiger partial charge in [-0.3, -0.25) is 9.59 Å². The van der Waals surface area contributed by atoms with Crippen molar-refractivity contribution in [1.29, 1.82) is 0 Å². The molecule has 0 unspecified atom stereocenters. The number of carbonyl (C=O) groups is 2. The Balaban J connectivity index is 2.51. The summed E-state index contributed by atoms with van der Waals surface area (Å²) in [6.45, 7) is 4.59. The zero-order valence-corrected chi connectivity index (χ0v) is 9.04. The molecule has 0 aliphatic carbocycles. The summed E-state index contributed by atoms with van der Waals surface area (Å²) in [5.41, 5.74) is 3.65. The van der Waals surface area contributed by atoms with Gasteiger partial charge in [0.1, 0.15) is 0 Å². The molecular weight excluding hydrogens is 190 g/mol. The average Bonchev–Trinajstić information content (AvgIpc) is 2.21. The first-order valence-electron chi connectivity index (χ1n) is 4.92. The molecule has 0 heterocycles. The van der Waals surface area contributed by atoms with Crippen molar-refractivity contribution in [3.8, 4) is 0 Å². The summed E-state index contributed by atoms with van der Waals surface area (Å²) in [5, 5.41) is 2.52. The summed E-state index contributed by atoms with van der Waals surface area (Å²) in [6.07, 6.45) is 1.05. The minimum Gasteiger partial charge on any atom is -0.349 e. The molecule has 1 aromatic carbocycles. The zero-order valence-electron chi connectivity index (χ0n) is 9.04. The molecule has 0 atom stereocenters. The summed E-state index contributed by atoms with van der Waals surface area (Å²) < 4.78 is 0. The smallest absolute Gasteiger partial charge is 0.284 e. The lowest BCUT2D eigenvalue weighted by Crippen LogP contribution is -2.26. The van der Waals surface area contributed by atoms with Crippen LogP contribution in [-0.4, -0.2) is 18.7 Å². The molecule has 0 aromatic heterocycles. The number of rotatable bonds is 4. The number of benzene rings is 1. The van der Waals surface area contributed by atoms with Gasteiger partial charge in [-0.05, 0) is 31.4 Å². The van der Waals surface area contributed by atoms with Crippen molar-refractivity contribution in [3.05, 3.63) is 34.9 Å². The molecule has 0 aliphatic heterocycles. The second-order valence-electron chi connectivity index (χ2n) is 3.59. The van der Waals surface area contributed by atoms with Crippen molar-refractivity contribution < 1.29 is 9.59 Å². The fourth-order valence-electron chi connectivity index (χ4n) is 1.49. The van der Waals surface area contributed by atoms with Crippen molar-refractivity contribution in [2.75, 3.05) is 6.54 Å². The van der Waals surface area contributed by atoms with Crippen LogP contribution in [0, 0.1) is 13.8 Å². The van der Waals surface area contributed by atoms with Crippen molar-refractivity contribution in [1.82, 2.24) is 5.32 Å². The highest BCUT2D eigenvalue weighted by Crippen LogP contribution is 2.10. The maximum Gasteiger partial charge on any atom is 0.284 e. The fourth-order valence-corrected chi connectivity index (χ4v) is 1.49. The molecule has 0 saturated heterocycles. The molecule has 1 amide bonds. The molecule has 15 heavy (non-hydrogen) atoms. The largest absolute Gasteiger partial charge is 0.349 e. The Labute approximate surface area is 89.5 Å². The topological polar surface area (TPSA) is 46.2 Å². The van der Waals surface area contributed by atoms with E-state index in [9.17, 15) is 9.59 Å². The van der Waals surface area contributed by atoms with Crippen molar-refractivity contribution in [2.24, 2.45) is 0 Å². The maximum absolute atomic E-state index is 10.7. The quantitative estimate of drug-likeness (QED) is 0.592. The number of hydrogen-bond acceptors (Lipinski definition) is 2. The van der Waals surface area contributed by atoms with Gasteiger partial charge in [0, 0.05) is 6.54 Å². The molecule has 0 fully saturated rings. The lowest BCUT2D eigenvalue weighted by Gasteiger charge is -2.06. The minimum absolute atomic E-state index is 0.294. The van der Waals surface area contributed by atoms with Crippen LogP contribution in [0.5, 0.6) is 0 Å². The normalized spacial score (nSPS) is 9.73. The summed E-state index contributed by atoms with van der Waals surface area (Å²) >= 11 is 0. The highest BCUT2D eigenvalue weighted by molar-refractivity contribution is 6.23. The summed E-state index contributed by atoms with van der Waals surface area (Å²) in [5.74, 6) is -0.556. The van der Waals surface area contributed by atoms with Crippen LogP contribution in [0.25, 0.3) is 0 Å². The van der Waals surface area contributed by atoms with E-state index in [0.717, 1.165) is 6.42 Å². The third kappa shape index (κ3) is 3.54. The van der Waals surface area contributed by atoms with Gasteiger partial charge in [-0.2, -0.15) is 0 Å². The second-order valence-corrected chi connectivity index (χ2v) is 3.59. The molecule has 1 rings (SSSR count). The van der Waals surface area contributed by atoms with Crippen LogP contribution in [0.4, 0.5) is 0 Å². The minimum atomic E-state index is -0.556. The van der Waals surface area contributed by atoms with E-state index in [-0.39, 0.29) is 0 Å². The molecule has 1 N–H and O–H groups in total. The molecule has 0 aliphatic rings. The van der Waals surface area contributed by atoms with Gasteiger partial charge in [0.05, 0.1) is 0 Å². The first kappa shape index (κ1) is 11.4. The van der Waals surface area contributed by atoms with E-state index < -0.39 is 5.91 Å². The number of amides is 1. The highest BCUT2D eigenvalue weighted by Gasteiger charge is 2.00. The number of hydrogen-bond donors (Lipinski definition) is 1. The Bertz CT molecular complexity index is 372. The van der Waals surface area contributed by atoms with E-state index in [1.165, 1.54) is 16.7 Å². The molecule has 0 saturated carbocycles. The Hall–Kier alpha value is -1.64. The molecule has 0 bridgehead atoms. The Morgan fingerprint density at radius 2 is 2.13 bits per heavy atom. The standard InChI is InChI=1S/C12H15NO2/c1-9-3-4-11(10(2)7-9)5-6-13-12(15)8-14/h3-4,7-8H,5-6H2,1-2H3,(H,13,15). The molecular formula is C12H15NO2. The van der Waals surface area contributed by atoms with Crippen molar-refractivity contribution in [2.45, 2.75) is 20.3 Å². The summed E-state index contributed by atoms with van der Waals surface area (Å²) in [6, 6.07) is 6.21. The summed E-state index contributed by atoms with van der Waals surface area (Å²) in [7, 11) is 0. The number of aldehydes is 1. The first-order chi connectivity index (χ1) is 7.13. The van der Waals surface area contributed by atoms with E-state index in [2.05, 4.69) is 17.4 Å². The number of nitrogens with one attached hydrogen (secondary N) is 1. The van der Waals surface area contributed by atoms with Crippen LogP contribution in [-0.2, 0) is 16.0 Å². The van der Waals surface area contributed by atoms with E-state index in [4.69, 9.17) is 0 Å². The van der Waals surface area contributed by atoms with Gasteiger partial charge < -0.3 is 5.32 Å². The predicted octanol–water partition coefficient (Wildman–Crippen LogP) is 1.16. The van der Waals surface area contributed by atoms with Gasteiger partial charge in [-0.15, -0.1) is 0 Å². The SMILES string of the molecule is Cc1ccc(CCNC(=O)C=O)c(C)c1. The van der Waals surface area contributed by atoms with Gasteiger partial charge in [0.25, 0.3) is 5.91 Å². The molecule has 0 radical (unpaired) electrons. The average molecular weight is 205 g/mol. The van der Waals surface area contributed by atoms with Crippen LogP contribution >= 0.6 is 0 Å². The third-order valence-corrected chi connectivity index (χ3v) is 2.30. The van der Waals surface area contributed by atoms with E-state index >= 15 is 0 Å². The lowest BCUT2D eigenvalue weighted by atomic mass is 10.0. The zero-order chi connectivity index (χ0) is 11.3. The van der Waals surface area contributed by atoms with Crippen LogP contribution in [0.15, 0.2) is 18.2 Å². The van der Waals surface area contributed by atoms with Crippen LogP contribution in [0.2, 0.25) is 0 Å². The van der Waals surface area contributed by atoms with Gasteiger partial charge in [0.15, 0.2) is 0 Å². The first-order valence-corrected chi connectivity index (χ1v) is 4.92. The monoisotopic (exact) mass is 205 g/mol. The number of aryl methyl sites for hydroxylation is 2. The molecule has 0 spiro atoms. The Kier molecular flexibility index (Phi) is 4.03.